The van der Waals surface area contributed by atoms with Gasteiger partial charge in [0.1, 0.15) is 0 Å². The summed E-state index contributed by atoms with van der Waals surface area (Å²) in [6.45, 7) is 9.20. The molecule has 0 fully saturated rings. The van der Waals surface area contributed by atoms with E-state index in [0.717, 1.165) is 6.42 Å². The van der Waals surface area contributed by atoms with Gasteiger partial charge in [-0.15, -0.1) is 6.58 Å². The predicted molar refractivity (Wildman–Crippen MR) is 35.4 cm³/mol. The molecule has 0 aliphatic carbocycles. The van der Waals surface area contributed by atoms with Gasteiger partial charge in [-0.1, -0.05) is 18.2 Å². The van der Waals surface area contributed by atoms with Crippen molar-refractivity contribution in [3.63, 3.8) is 0 Å². The minimum absolute atomic E-state index is 0. The van der Waals surface area contributed by atoms with Crippen LogP contribution in [0, 0.1) is 0 Å². The smallest absolute Gasteiger partial charge is 0 e. The average Bonchev–Trinajstić information content (AvgIpc) is 1.35. The van der Waals surface area contributed by atoms with Crippen LogP contribution >= 0.6 is 0 Å². The van der Waals surface area contributed by atoms with Crippen molar-refractivity contribution in [1.82, 2.24) is 0 Å². The van der Waals surface area contributed by atoms with Crippen LogP contribution in [-0.4, -0.2) is 18.9 Å². The van der Waals surface area contributed by atoms with E-state index in [9.17, 15) is 0 Å². The molecule has 0 spiro atoms. The van der Waals surface area contributed by atoms with Crippen LogP contribution in [0.5, 0.6) is 0 Å². The summed E-state index contributed by atoms with van der Waals surface area (Å²) in [7, 11) is 0. The van der Waals surface area contributed by atoms with Crippen molar-refractivity contribution in [2.24, 2.45) is 0 Å². The van der Waals surface area contributed by atoms with Crippen LogP contribution < -0.4 is 0 Å². The molecule has 0 N–H and O–H groups in total. The molecule has 0 atom stereocenters. The van der Waals surface area contributed by atoms with Gasteiger partial charge in [0.15, 0.2) is 0 Å². The monoisotopic (exact) mass is 89.1 g/mol. The number of hydrogen-bond donors (Lipinski definition) is 0. The summed E-state index contributed by atoms with van der Waals surface area (Å²) in [5, 5.41) is 0. The second-order valence-corrected chi connectivity index (χ2v) is 1.45. The van der Waals surface area contributed by atoms with E-state index in [1.165, 1.54) is 5.57 Å². The topological polar surface area (TPSA) is 0 Å². The molecular weight excluding hydrogens is 79.0 g/mol. The fraction of sp³-hybridized carbons (Fsp3) is 0.333. The third kappa shape index (κ3) is 10.7. The Labute approximate surface area is 57.5 Å². The van der Waals surface area contributed by atoms with Crippen LogP contribution in [0.1, 0.15) is 13.3 Å². The standard InChI is InChI=1S/C6H10.Li/c1-4-5-6(2)3;/h4H,1-2,5H2,3H3;. The Balaban J connectivity index is 0. The molecule has 0 aromatic rings. The molecule has 0 saturated heterocycles. The number of hydrogen-bond acceptors (Lipinski definition) is 0. The van der Waals surface area contributed by atoms with Crippen LogP contribution in [0.4, 0.5) is 0 Å². The molecule has 0 unspecified atom stereocenters. The van der Waals surface area contributed by atoms with Crippen LogP contribution in [0.25, 0.3) is 0 Å². The Morgan fingerprint density at radius 2 is 2.14 bits per heavy atom. The first kappa shape index (κ1) is 10.1. The van der Waals surface area contributed by atoms with E-state index in [1.54, 1.807) is 0 Å². The van der Waals surface area contributed by atoms with Gasteiger partial charge in [0.2, 0.25) is 0 Å². The second-order valence-electron chi connectivity index (χ2n) is 1.45. The first-order valence-electron chi connectivity index (χ1n) is 2.02. The summed E-state index contributed by atoms with van der Waals surface area (Å²) < 4.78 is 0. The maximum absolute atomic E-state index is 3.67. The Morgan fingerprint density at radius 1 is 1.71 bits per heavy atom. The zero-order valence-electron chi connectivity index (χ0n) is 5.20. The van der Waals surface area contributed by atoms with Crippen molar-refractivity contribution in [1.29, 1.82) is 0 Å². The zero-order valence-corrected chi connectivity index (χ0v) is 5.20. The third-order valence-corrected chi connectivity index (χ3v) is 0.493. The van der Waals surface area contributed by atoms with Crippen LogP contribution in [0.15, 0.2) is 24.8 Å². The van der Waals surface area contributed by atoms with Gasteiger partial charge in [-0.3, -0.25) is 0 Å². The predicted octanol–water partition coefficient (Wildman–Crippen LogP) is 1.76. The Bertz CT molecular complexity index is 64.6. The van der Waals surface area contributed by atoms with Crippen LogP contribution in [0.3, 0.4) is 0 Å². The summed E-state index contributed by atoms with van der Waals surface area (Å²) in [5.41, 5.74) is 1.17. The van der Waals surface area contributed by atoms with Gasteiger partial charge < -0.3 is 0 Å². The zero-order chi connectivity index (χ0) is 4.99. The molecule has 0 saturated carbocycles. The van der Waals surface area contributed by atoms with E-state index < -0.39 is 0 Å². The molecule has 0 heterocycles. The summed E-state index contributed by atoms with van der Waals surface area (Å²) in [6, 6.07) is 0. The first-order chi connectivity index (χ1) is 2.77. The Hall–Kier alpha value is 0.0774. The molecule has 0 aromatic carbocycles. The van der Waals surface area contributed by atoms with Crippen LogP contribution in [-0.2, 0) is 0 Å². The van der Waals surface area contributed by atoms with E-state index >= 15 is 0 Å². The van der Waals surface area contributed by atoms with Crippen molar-refractivity contribution in [2.75, 3.05) is 0 Å². The van der Waals surface area contributed by atoms with Gasteiger partial charge in [-0.25, -0.2) is 0 Å². The molecule has 35 valence electrons. The summed E-state index contributed by atoms with van der Waals surface area (Å²) in [6.07, 6.45) is 2.79. The Morgan fingerprint density at radius 3 is 2.14 bits per heavy atom. The third-order valence-electron chi connectivity index (χ3n) is 0.493. The summed E-state index contributed by atoms with van der Waals surface area (Å²) in [5.74, 6) is 0. The average molecular weight is 89.1 g/mol. The van der Waals surface area contributed by atoms with Gasteiger partial charge in [0, 0.05) is 18.9 Å². The molecule has 0 nitrogen and oxygen atoms in total. The second kappa shape index (κ2) is 6.08. The molecule has 1 heteroatoms. The molecule has 0 aliphatic rings. The van der Waals surface area contributed by atoms with E-state index in [0.29, 0.717) is 0 Å². The largest absolute Gasteiger partial charge is 0.103 e. The van der Waals surface area contributed by atoms with Gasteiger partial charge in [-0.05, 0) is 13.3 Å². The summed E-state index contributed by atoms with van der Waals surface area (Å²) in [4.78, 5) is 0. The number of allylic oxidation sites excluding steroid dienone is 2. The van der Waals surface area contributed by atoms with E-state index in [2.05, 4.69) is 13.2 Å². The molecule has 1 radical (unpaired) electrons. The Kier molecular flexibility index (Phi) is 8.80. The molecule has 0 rings (SSSR count). The van der Waals surface area contributed by atoms with E-state index in [-0.39, 0.29) is 18.9 Å². The molecule has 0 amide bonds. The van der Waals surface area contributed by atoms with E-state index in [1.807, 2.05) is 13.0 Å². The van der Waals surface area contributed by atoms with Crippen molar-refractivity contribution >= 4 is 18.9 Å². The van der Waals surface area contributed by atoms with Gasteiger partial charge in [0.05, 0.1) is 0 Å². The van der Waals surface area contributed by atoms with Gasteiger partial charge >= 0.3 is 0 Å². The van der Waals surface area contributed by atoms with E-state index in [4.69, 9.17) is 0 Å². The minimum atomic E-state index is 0. The van der Waals surface area contributed by atoms with Crippen molar-refractivity contribution in [3.05, 3.63) is 24.8 Å². The van der Waals surface area contributed by atoms with Crippen molar-refractivity contribution in [3.8, 4) is 0 Å². The van der Waals surface area contributed by atoms with Gasteiger partial charge in [0.25, 0.3) is 0 Å². The first-order valence-corrected chi connectivity index (χ1v) is 2.02. The normalized spacial score (nSPS) is 6.43. The fourth-order valence-corrected chi connectivity index (χ4v) is 0.246. The molecule has 0 bridgehead atoms. The SMILES string of the molecule is C=CCC(=C)C.[Li]. The molecule has 0 aromatic heterocycles. The molecule has 0 aliphatic heterocycles. The fourth-order valence-electron chi connectivity index (χ4n) is 0.246. The minimum Gasteiger partial charge on any atom is -0.103 e. The molecular formula is C6H10Li. The number of rotatable bonds is 2. The van der Waals surface area contributed by atoms with Crippen LogP contribution in [0.2, 0.25) is 0 Å². The molecule has 7 heavy (non-hydrogen) atoms. The van der Waals surface area contributed by atoms with Crippen molar-refractivity contribution in [2.45, 2.75) is 13.3 Å². The van der Waals surface area contributed by atoms with Gasteiger partial charge in [-0.2, -0.15) is 0 Å². The van der Waals surface area contributed by atoms with Crippen molar-refractivity contribution < 1.29 is 0 Å². The summed E-state index contributed by atoms with van der Waals surface area (Å²) >= 11 is 0. The quantitative estimate of drug-likeness (QED) is 0.357. The maximum atomic E-state index is 3.67. The maximum Gasteiger partial charge on any atom is 0 e.